The van der Waals surface area contributed by atoms with Gasteiger partial charge in [-0.2, -0.15) is 0 Å². The standard InChI is InChI=1S/C8H18N4/c1-2-6-12(11-4-1)8-3-5-9-7-10-8/h8-11H,1-7H2. The van der Waals surface area contributed by atoms with Crippen LogP contribution in [0.1, 0.15) is 19.3 Å². The highest BCUT2D eigenvalue weighted by atomic mass is 15.6. The highest BCUT2D eigenvalue weighted by Crippen LogP contribution is 2.06. The molecule has 2 aliphatic rings. The third-order valence-electron chi connectivity index (χ3n) is 2.57. The van der Waals surface area contributed by atoms with Gasteiger partial charge < -0.3 is 5.32 Å². The van der Waals surface area contributed by atoms with E-state index in [1.807, 2.05) is 0 Å². The minimum atomic E-state index is 0.548. The lowest BCUT2D eigenvalue weighted by molar-refractivity contribution is 0.0588. The smallest absolute Gasteiger partial charge is 0.0754 e. The van der Waals surface area contributed by atoms with Gasteiger partial charge in [0.25, 0.3) is 0 Å². The molecule has 0 aromatic rings. The second-order valence-electron chi connectivity index (χ2n) is 3.49. The molecule has 0 aromatic heterocycles. The Bertz CT molecular complexity index is 111. The summed E-state index contributed by atoms with van der Waals surface area (Å²) < 4.78 is 0. The summed E-state index contributed by atoms with van der Waals surface area (Å²) in [6, 6.07) is 0. The molecule has 4 nitrogen and oxygen atoms in total. The Morgan fingerprint density at radius 2 is 2.17 bits per heavy atom. The molecule has 0 spiro atoms. The molecule has 2 aliphatic heterocycles. The summed E-state index contributed by atoms with van der Waals surface area (Å²) in [4.78, 5) is 0. The Morgan fingerprint density at radius 3 is 2.83 bits per heavy atom. The van der Waals surface area contributed by atoms with E-state index in [0.29, 0.717) is 6.17 Å². The number of hydrogen-bond donors (Lipinski definition) is 3. The van der Waals surface area contributed by atoms with Crippen LogP contribution in [-0.2, 0) is 0 Å². The van der Waals surface area contributed by atoms with Gasteiger partial charge in [-0.15, -0.1) is 0 Å². The van der Waals surface area contributed by atoms with Gasteiger partial charge in [0.15, 0.2) is 0 Å². The van der Waals surface area contributed by atoms with E-state index < -0.39 is 0 Å². The van der Waals surface area contributed by atoms with Crippen molar-refractivity contribution in [2.75, 3.05) is 26.3 Å². The lowest BCUT2D eigenvalue weighted by atomic mass is 10.2. The van der Waals surface area contributed by atoms with Gasteiger partial charge >= 0.3 is 0 Å². The van der Waals surface area contributed by atoms with E-state index in [9.17, 15) is 0 Å². The van der Waals surface area contributed by atoms with Crippen LogP contribution in [-0.4, -0.2) is 37.5 Å². The highest BCUT2D eigenvalue weighted by molar-refractivity contribution is 4.73. The van der Waals surface area contributed by atoms with E-state index in [2.05, 4.69) is 21.1 Å². The molecule has 0 radical (unpaired) electrons. The van der Waals surface area contributed by atoms with Crippen LogP contribution in [0.5, 0.6) is 0 Å². The molecule has 2 fully saturated rings. The molecule has 2 heterocycles. The van der Waals surface area contributed by atoms with Crippen LogP contribution in [0.25, 0.3) is 0 Å². The number of nitrogens with zero attached hydrogens (tertiary/aromatic N) is 1. The molecule has 2 rings (SSSR count). The van der Waals surface area contributed by atoms with E-state index in [-0.39, 0.29) is 0 Å². The first-order valence-electron chi connectivity index (χ1n) is 4.91. The van der Waals surface area contributed by atoms with Crippen molar-refractivity contribution in [1.82, 2.24) is 21.1 Å². The Morgan fingerprint density at radius 1 is 1.17 bits per heavy atom. The summed E-state index contributed by atoms with van der Waals surface area (Å²) in [6.07, 6.45) is 4.40. The van der Waals surface area contributed by atoms with Crippen molar-refractivity contribution < 1.29 is 0 Å². The predicted molar refractivity (Wildman–Crippen MR) is 48.4 cm³/mol. The van der Waals surface area contributed by atoms with Crippen LogP contribution in [0.4, 0.5) is 0 Å². The van der Waals surface area contributed by atoms with Gasteiger partial charge in [0.1, 0.15) is 0 Å². The van der Waals surface area contributed by atoms with Crippen molar-refractivity contribution in [3.8, 4) is 0 Å². The minimum absolute atomic E-state index is 0.548. The Kier molecular flexibility index (Phi) is 2.94. The van der Waals surface area contributed by atoms with Crippen LogP contribution in [0.15, 0.2) is 0 Å². The zero-order chi connectivity index (χ0) is 8.23. The molecule has 3 N–H and O–H groups in total. The number of nitrogens with one attached hydrogen (secondary N) is 3. The molecule has 0 bridgehead atoms. The number of rotatable bonds is 1. The van der Waals surface area contributed by atoms with Crippen molar-refractivity contribution >= 4 is 0 Å². The van der Waals surface area contributed by atoms with Gasteiger partial charge in [-0.3, -0.25) is 10.7 Å². The average Bonchev–Trinajstić information content (AvgIpc) is 2.21. The molecular formula is C8H18N4. The van der Waals surface area contributed by atoms with Gasteiger partial charge in [-0.25, -0.2) is 5.01 Å². The fraction of sp³-hybridized carbons (Fsp3) is 1.00. The van der Waals surface area contributed by atoms with E-state index >= 15 is 0 Å². The number of hydrazine groups is 1. The summed E-state index contributed by atoms with van der Waals surface area (Å²) in [5.41, 5.74) is 3.43. The van der Waals surface area contributed by atoms with Crippen molar-refractivity contribution in [2.24, 2.45) is 0 Å². The third kappa shape index (κ3) is 1.95. The van der Waals surface area contributed by atoms with Gasteiger partial charge in [-0.05, 0) is 25.8 Å². The molecule has 70 valence electrons. The van der Waals surface area contributed by atoms with Crippen LogP contribution in [0, 0.1) is 0 Å². The second-order valence-corrected chi connectivity index (χ2v) is 3.49. The van der Waals surface area contributed by atoms with Gasteiger partial charge in [0.2, 0.25) is 0 Å². The highest BCUT2D eigenvalue weighted by Gasteiger charge is 2.21. The summed E-state index contributed by atoms with van der Waals surface area (Å²) >= 11 is 0. The molecule has 1 unspecified atom stereocenters. The summed E-state index contributed by atoms with van der Waals surface area (Å²) in [7, 11) is 0. The topological polar surface area (TPSA) is 39.3 Å². The van der Waals surface area contributed by atoms with E-state index in [4.69, 9.17) is 0 Å². The maximum Gasteiger partial charge on any atom is 0.0754 e. The first-order chi connectivity index (χ1) is 5.97. The van der Waals surface area contributed by atoms with Crippen LogP contribution >= 0.6 is 0 Å². The molecular weight excluding hydrogens is 152 g/mol. The lowest BCUT2D eigenvalue weighted by Gasteiger charge is -2.37. The van der Waals surface area contributed by atoms with Crippen LogP contribution in [0.2, 0.25) is 0 Å². The van der Waals surface area contributed by atoms with Gasteiger partial charge in [0.05, 0.1) is 6.17 Å². The molecule has 12 heavy (non-hydrogen) atoms. The van der Waals surface area contributed by atoms with Crippen LogP contribution in [0.3, 0.4) is 0 Å². The van der Waals surface area contributed by atoms with Crippen LogP contribution < -0.4 is 16.1 Å². The normalized spacial score (nSPS) is 33.5. The maximum absolute atomic E-state index is 3.44. The summed E-state index contributed by atoms with van der Waals surface area (Å²) in [6.45, 7) is 4.42. The van der Waals surface area contributed by atoms with E-state index in [0.717, 1.165) is 19.8 Å². The quantitative estimate of drug-likeness (QED) is 0.494. The molecule has 2 saturated heterocycles. The minimum Gasteiger partial charge on any atom is -0.304 e. The van der Waals surface area contributed by atoms with Crippen molar-refractivity contribution in [3.63, 3.8) is 0 Å². The largest absolute Gasteiger partial charge is 0.304 e. The summed E-state index contributed by atoms with van der Waals surface area (Å²) in [5, 5.41) is 9.08. The SMILES string of the molecule is C1CCN(C2CCNCN2)NC1. The molecule has 1 atom stereocenters. The zero-order valence-electron chi connectivity index (χ0n) is 7.47. The first-order valence-corrected chi connectivity index (χ1v) is 4.91. The third-order valence-corrected chi connectivity index (χ3v) is 2.57. The average molecular weight is 170 g/mol. The fourth-order valence-electron chi connectivity index (χ4n) is 1.86. The molecule has 0 amide bonds. The van der Waals surface area contributed by atoms with Crippen molar-refractivity contribution in [3.05, 3.63) is 0 Å². The first kappa shape index (κ1) is 8.44. The lowest BCUT2D eigenvalue weighted by Crippen LogP contribution is -2.59. The Hall–Kier alpha value is -0.160. The van der Waals surface area contributed by atoms with Crippen molar-refractivity contribution in [2.45, 2.75) is 25.4 Å². The van der Waals surface area contributed by atoms with E-state index in [1.165, 1.54) is 25.8 Å². The fourth-order valence-corrected chi connectivity index (χ4v) is 1.86. The Labute approximate surface area is 73.7 Å². The summed E-state index contributed by atoms with van der Waals surface area (Å²) in [5.74, 6) is 0. The predicted octanol–water partition coefficient (Wildman–Crippen LogP) is -0.547. The maximum atomic E-state index is 3.44. The molecule has 0 aromatic carbocycles. The molecule has 0 saturated carbocycles. The van der Waals surface area contributed by atoms with E-state index in [1.54, 1.807) is 0 Å². The molecule has 0 aliphatic carbocycles. The number of hydrogen-bond acceptors (Lipinski definition) is 4. The zero-order valence-corrected chi connectivity index (χ0v) is 7.47. The van der Waals surface area contributed by atoms with Gasteiger partial charge in [0, 0.05) is 19.8 Å². The monoisotopic (exact) mass is 170 g/mol. The van der Waals surface area contributed by atoms with Gasteiger partial charge in [-0.1, -0.05) is 0 Å². The Balaban J connectivity index is 1.80. The molecule has 4 heteroatoms. The van der Waals surface area contributed by atoms with Crippen molar-refractivity contribution in [1.29, 1.82) is 0 Å². The second kappa shape index (κ2) is 4.18.